The van der Waals surface area contributed by atoms with Crippen molar-refractivity contribution in [3.63, 3.8) is 0 Å². The maximum atomic E-state index is 11.7. The first-order valence-electron chi connectivity index (χ1n) is 5.22. The highest BCUT2D eigenvalue weighted by Gasteiger charge is 2.19. The van der Waals surface area contributed by atoms with Crippen LogP contribution in [0.4, 0.5) is 5.69 Å². The third kappa shape index (κ3) is 3.71. The molecular formula is C11H13ClN2O3. The summed E-state index contributed by atoms with van der Waals surface area (Å²) >= 11 is 5.85. The topological polar surface area (TPSA) is 72.2 Å². The van der Waals surface area contributed by atoms with Crippen LogP contribution in [0.5, 0.6) is 0 Å². The van der Waals surface area contributed by atoms with Gasteiger partial charge in [-0.25, -0.2) is 0 Å². The third-order valence-corrected chi connectivity index (χ3v) is 2.74. The van der Waals surface area contributed by atoms with Gasteiger partial charge in [0.2, 0.25) is 0 Å². The zero-order chi connectivity index (χ0) is 12.8. The Bertz CT molecular complexity index is 423. The number of alkyl halides is 1. The highest BCUT2D eigenvalue weighted by atomic mass is 35.5. The van der Waals surface area contributed by atoms with E-state index in [0.717, 1.165) is 6.42 Å². The molecule has 1 atom stereocenters. The molecule has 0 fully saturated rings. The van der Waals surface area contributed by atoms with Gasteiger partial charge in [-0.15, -0.1) is 11.6 Å². The number of nitro groups is 1. The van der Waals surface area contributed by atoms with Crippen molar-refractivity contribution in [2.75, 3.05) is 6.54 Å². The molecule has 6 heteroatoms. The lowest BCUT2D eigenvalue weighted by Crippen LogP contribution is -2.29. The van der Waals surface area contributed by atoms with E-state index in [1.54, 1.807) is 6.07 Å². The van der Waals surface area contributed by atoms with Crippen LogP contribution in [0, 0.1) is 10.1 Å². The molecule has 1 aromatic rings. The van der Waals surface area contributed by atoms with Gasteiger partial charge in [0.1, 0.15) is 5.56 Å². The van der Waals surface area contributed by atoms with E-state index in [0.29, 0.717) is 6.54 Å². The van der Waals surface area contributed by atoms with Gasteiger partial charge in [-0.3, -0.25) is 14.9 Å². The lowest BCUT2D eigenvalue weighted by Gasteiger charge is -2.08. The molecule has 0 saturated heterocycles. The molecule has 1 rings (SSSR count). The quantitative estimate of drug-likeness (QED) is 0.499. The highest BCUT2D eigenvalue weighted by molar-refractivity contribution is 6.20. The van der Waals surface area contributed by atoms with Crippen LogP contribution in [-0.4, -0.2) is 22.8 Å². The molecule has 1 amide bonds. The largest absolute Gasteiger partial charge is 0.350 e. The number of hydrogen-bond donors (Lipinski definition) is 1. The maximum absolute atomic E-state index is 11.7. The Labute approximate surface area is 104 Å². The van der Waals surface area contributed by atoms with Gasteiger partial charge in [-0.2, -0.15) is 0 Å². The molecule has 1 N–H and O–H groups in total. The molecular weight excluding hydrogens is 244 g/mol. The van der Waals surface area contributed by atoms with E-state index in [2.05, 4.69) is 5.32 Å². The Morgan fingerprint density at radius 3 is 2.76 bits per heavy atom. The number of benzene rings is 1. The van der Waals surface area contributed by atoms with E-state index in [1.807, 2.05) is 6.92 Å². The molecule has 0 heterocycles. The number of halogens is 1. The van der Waals surface area contributed by atoms with Crippen LogP contribution in [0.2, 0.25) is 0 Å². The van der Waals surface area contributed by atoms with E-state index in [1.165, 1.54) is 18.2 Å². The molecule has 0 spiro atoms. The van der Waals surface area contributed by atoms with E-state index in [9.17, 15) is 14.9 Å². The summed E-state index contributed by atoms with van der Waals surface area (Å²) in [5.74, 6) is -0.476. The van der Waals surface area contributed by atoms with Gasteiger partial charge in [0.25, 0.3) is 11.6 Å². The van der Waals surface area contributed by atoms with E-state index in [4.69, 9.17) is 11.6 Å². The summed E-state index contributed by atoms with van der Waals surface area (Å²) < 4.78 is 0. The number of carbonyl (C=O) groups excluding carboxylic acids is 1. The molecule has 0 radical (unpaired) electrons. The smallest absolute Gasteiger partial charge is 0.282 e. The fraction of sp³-hybridized carbons (Fsp3) is 0.364. The predicted octanol–water partition coefficient (Wildman–Crippen LogP) is 2.34. The van der Waals surface area contributed by atoms with Crippen molar-refractivity contribution in [2.24, 2.45) is 0 Å². The number of nitro benzene ring substituents is 1. The van der Waals surface area contributed by atoms with Gasteiger partial charge in [-0.05, 0) is 12.5 Å². The Balaban J connectivity index is 2.78. The van der Waals surface area contributed by atoms with Crippen molar-refractivity contribution in [1.82, 2.24) is 5.32 Å². The van der Waals surface area contributed by atoms with E-state index >= 15 is 0 Å². The average molecular weight is 257 g/mol. The van der Waals surface area contributed by atoms with Gasteiger partial charge < -0.3 is 5.32 Å². The highest BCUT2D eigenvalue weighted by Crippen LogP contribution is 2.17. The summed E-state index contributed by atoms with van der Waals surface area (Å²) in [4.78, 5) is 21.9. The predicted molar refractivity (Wildman–Crippen MR) is 65.4 cm³/mol. The summed E-state index contributed by atoms with van der Waals surface area (Å²) in [6.07, 6.45) is 0.721. The van der Waals surface area contributed by atoms with Crippen molar-refractivity contribution < 1.29 is 9.72 Å². The standard InChI is InChI=1S/C11H13ClN2O3/c1-2-8(12)7-13-11(15)9-5-3-4-6-10(9)14(16)17/h3-6,8H,2,7H2,1H3,(H,13,15). The summed E-state index contributed by atoms with van der Waals surface area (Å²) in [7, 11) is 0. The number of nitrogens with one attached hydrogen (secondary N) is 1. The summed E-state index contributed by atoms with van der Waals surface area (Å²) in [6, 6.07) is 5.82. The van der Waals surface area contributed by atoms with Crippen LogP contribution >= 0.6 is 11.6 Å². The Hall–Kier alpha value is -1.62. The molecule has 1 aromatic carbocycles. The zero-order valence-electron chi connectivity index (χ0n) is 9.35. The molecule has 0 aliphatic heterocycles. The maximum Gasteiger partial charge on any atom is 0.282 e. The van der Waals surface area contributed by atoms with Gasteiger partial charge in [0.15, 0.2) is 0 Å². The Morgan fingerprint density at radius 1 is 1.53 bits per heavy atom. The minimum Gasteiger partial charge on any atom is -0.350 e. The first-order valence-corrected chi connectivity index (χ1v) is 5.65. The van der Waals surface area contributed by atoms with Gasteiger partial charge in [0.05, 0.1) is 10.3 Å². The Kier molecular flexibility index (Phi) is 4.90. The second-order valence-electron chi connectivity index (χ2n) is 3.49. The number of hydrogen-bond acceptors (Lipinski definition) is 3. The number of para-hydroxylation sites is 1. The molecule has 0 bridgehead atoms. The zero-order valence-corrected chi connectivity index (χ0v) is 10.1. The van der Waals surface area contributed by atoms with Crippen molar-refractivity contribution in [1.29, 1.82) is 0 Å². The fourth-order valence-corrected chi connectivity index (χ4v) is 1.35. The average Bonchev–Trinajstić information content (AvgIpc) is 2.35. The van der Waals surface area contributed by atoms with Crippen LogP contribution in [0.25, 0.3) is 0 Å². The lowest BCUT2D eigenvalue weighted by molar-refractivity contribution is -0.385. The second-order valence-corrected chi connectivity index (χ2v) is 4.11. The normalized spacial score (nSPS) is 11.9. The third-order valence-electron chi connectivity index (χ3n) is 2.27. The van der Waals surface area contributed by atoms with E-state index in [-0.39, 0.29) is 16.6 Å². The van der Waals surface area contributed by atoms with Crippen molar-refractivity contribution in [3.8, 4) is 0 Å². The molecule has 17 heavy (non-hydrogen) atoms. The molecule has 92 valence electrons. The molecule has 0 aromatic heterocycles. The number of nitrogens with zero attached hydrogens (tertiary/aromatic N) is 1. The van der Waals surface area contributed by atoms with Crippen molar-refractivity contribution >= 4 is 23.2 Å². The SMILES string of the molecule is CCC(Cl)CNC(=O)c1ccccc1[N+](=O)[O-]. The van der Waals surface area contributed by atoms with Crippen molar-refractivity contribution in [2.45, 2.75) is 18.7 Å². The minimum atomic E-state index is -0.576. The number of rotatable bonds is 5. The van der Waals surface area contributed by atoms with Crippen molar-refractivity contribution in [3.05, 3.63) is 39.9 Å². The van der Waals surface area contributed by atoms with Crippen LogP contribution < -0.4 is 5.32 Å². The first kappa shape index (κ1) is 13.4. The molecule has 5 nitrogen and oxygen atoms in total. The van der Waals surface area contributed by atoms with Gasteiger partial charge >= 0.3 is 0 Å². The first-order chi connectivity index (χ1) is 8.06. The number of carbonyl (C=O) groups is 1. The molecule has 0 aliphatic rings. The minimum absolute atomic E-state index is 0.0532. The fourth-order valence-electron chi connectivity index (χ4n) is 1.27. The summed E-state index contributed by atoms with van der Waals surface area (Å²) in [5, 5.41) is 13.1. The van der Waals surface area contributed by atoms with Crippen LogP contribution in [0.1, 0.15) is 23.7 Å². The molecule has 1 unspecified atom stereocenters. The molecule has 0 aliphatic carbocycles. The monoisotopic (exact) mass is 256 g/mol. The van der Waals surface area contributed by atoms with Crippen LogP contribution in [-0.2, 0) is 0 Å². The lowest BCUT2D eigenvalue weighted by atomic mass is 10.1. The summed E-state index contributed by atoms with van der Waals surface area (Å²) in [6.45, 7) is 2.19. The summed E-state index contributed by atoms with van der Waals surface area (Å²) in [5.41, 5.74) is -0.148. The van der Waals surface area contributed by atoms with Gasteiger partial charge in [0, 0.05) is 12.6 Å². The van der Waals surface area contributed by atoms with Gasteiger partial charge in [-0.1, -0.05) is 19.1 Å². The Morgan fingerprint density at radius 2 is 2.18 bits per heavy atom. The second kappa shape index (κ2) is 6.20. The molecule has 0 saturated carbocycles. The number of amides is 1. The van der Waals surface area contributed by atoms with Crippen LogP contribution in [0.3, 0.4) is 0 Å². The van der Waals surface area contributed by atoms with Crippen LogP contribution in [0.15, 0.2) is 24.3 Å². The van der Waals surface area contributed by atoms with E-state index < -0.39 is 10.8 Å².